The molecule has 0 bridgehead atoms. The molecule has 1 fully saturated rings. The van der Waals surface area contributed by atoms with Crippen LogP contribution in [0.2, 0.25) is 0 Å². The van der Waals surface area contributed by atoms with Crippen LogP contribution in [0.4, 0.5) is 0 Å². The zero-order chi connectivity index (χ0) is 30.3. The summed E-state index contributed by atoms with van der Waals surface area (Å²) in [5.41, 5.74) is 4.11. The molecule has 0 radical (unpaired) electrons. The van der Waals surface area contributed by atoms with Crippen molar-refractivity contribution in [3.05, 3.63) is 68.6 Å². The van der Waals surface area contributed by atoms with Gasteiger partial charge in [0.15, 0.2) is 11.4 Å². The lowest BCUT2D eigenvalue weighted by atomic mass is 9.83. The van der Waals surface area contributed by atoms with Crippen LogP contribution in [0.15, 0.2) is 34.3 Å². The molecule has 1 saturated carbocycles. The van der Waals surface area contributed by atoms with E-state index in [2.05, 4.69) is 83.1 Å². The topological polar surface area (TPSA) is 78.6 Å². The minimum Gasteiger partial charge on any atom is -0.618 e. The molecule has 2 heterocycles. The van der Waals surface area contributed by atoms with Crippen molar-refractivity contribution >= 4 is 12.4 Å². The number of hydrogen-bond donors (Lipinski definition) is 0. The van der Waals surface area contributed by atoms with Crippen molar-refractivity contribution in [2.24, 2.45) is 9.98 Å². The Kier molecular flexibility index (Phi) is 8.94. The summed E-state index contributed by atoms with van der Waals surface area (Å²) in [6, 6.07) is 7.95. The van der Waals surface area contributed by atoms with Gasteiger partial charge in [-0.25, -0.2) is 0 Å². The Morgan fingerprint density at radius 1 is 0.575 bits per heavy atom. The van der Waals surface area contributed by atoms with Crippen molar-refractivity contribution in [1.29, 1.82) is 0 Å². The summed E-state index contributed by atoms with van der Waals surface area (Å²) in [7, 11) is 0. The van der Waals surface area contributed by atoms with E-state index in [1.807, 2.05) is 24.3 Å². The molecule has 2 aromatic heterocycles. The fourth-order valence-electron chi connectivity index (χ4n) is 5.08. The largest absolute Gasteiger partial charge is 0.618 e. The molecule has 6 nitrogen and oxygen atoms in total. The predicted molar refractivity (Wildman–Crippen MR) is 167 cm³/mol. The van der Waals surface area contributed by atoms with E-state index in [1.165, 1.54) is 0 Å². The maximum Gasteiger partial charge on any atom is 0.234 e. The van der Waals surface area contributed by atoms with Gasteiger partial charge in [-0.1, -0.05) is 95.9 Å². The van der Waals surface area contributed by atoms with Gasteiger partial charge in [0.05, 0.1) is 24.5 Å². The highest BCUT2D eigenvalue weighted by molar-refractivity contribution is 5.77. The fraction of sp³-hybridized carbons (Fsp3) is 0.647. The summed E-state index contributed by atoms with van der Waals surface area (Å²) in [6.45, 7) is 25.4. The first-order valence-corrected chi connectivity index (χ1v) is 14.8. The van der Waals surface area contributed by atoms with Gasteiger partial charge in [-0.2, -0.15) is 9.46 Å². The first-order chi connectivity index (χ1) is 18.2. The van der Waals surface area contributed by atoms with Crippen molar-refractivity contribution in [2.45, 2.75) is 143 Å². The molecule has 1 aliphatic rings. The van der Waals surface area contributed by atoms with Crippen molar-refractivity contribution in [3.63, 3.8) is 0 Å². The molecule has 0 spiro atoms. The van der Waals surface area contributed by atoms with E-state index in [1.54, 1.807) is 12.4 Å². The Morgan fingerprint density at radius 2 is 0.900 bits per heavy atom. The van der Waals surface area contributed by atoms with Crippen LogP contribution in [0.5, 0.6) is 0 Å². The van der Waals surface area contributed by atoms with E-state index in [4.69, 9.17) is 9.98 Å². The Hall–Kier alpha value is -2.76. The normalized spacial score (nSPS) is 19.6. The minimum absolute atomic E-state index is 0.0330. The van der Waals surface area contributed by atoms with Crippen molar-refractivity contribution in [3.8, 4) is 0 Å². The highest BCUT2D eigenvalue weighted by Gasteiger charge is 2.31. The Morgan fingerprint density at radius 3 is 1.18 bits per heavy atom. The second-order valence-electron chi connectivity index (χ2n) is 15.7. The maximum atomic E-state index is 13.4. The second kappa shape index (κ2) is 11.3. The Balaban J connectivity index is 2.00. The lowest BCUT2D eigenvalue weighted by Gasteiger charge is -2.26. The molecule has 0 unspecified atom stereocenters. The van der Waals surface area contributed by atoms with Gasteiger partial charge < -0.3 is 10.4 Å². The molecular weight excluding hydrogens is 496 g/mol. The van der Waals surface area contributed by atoms with Crippen LogP contribution in [0.25, 0.3) is 0 Å². The molecule has 0 N–H and O–H groups in total. The van der Waals surface area contributed by atoms with E-state index < -0.39 is 0 Å². The van der Waals surface area contributed by atoms with Gasteiger partial charge in [0.25, 0.3) is 0 Å². The van der Waals surface area contributed by atoms with E-state index >= 15 is 0 Å². The van der Waals surface area contributed by atoms with Crippen molar-refractivity contribution < 1.29 is 9.46 Å². The number of aromatic nitrogens is 2. The predicted octanol–water partition coefficient (Wildman–Crippen LogP) is 6.99. The standard InChI is InChI=1S/C34H52N4O2/c1-31(2,3)23-17-25(37(39)29(19-23)33(7,8)9)21-35-27-15-13-14-16-28(27)36-22-26-18-24(32(4,5)6)20-30(38(26)40)34(10,11)12/h17-22,27-28H,13-16H2,1-12H3/t27-,28-/m1/s1. The third-order valence-corrected chi connectivity index (χ3v) is 7.86. The summed E-state index contributed by atoms with van der Waals surface area (Å²) in [5.74, 6) is 0. The third-order valence-electron chi connectivity index (χ3n) is 7.86. The van der Waals surface area contributed by atoms with Gasteiger partial charge in [-0.15, -0.1) is 0 Å². The molecule has 220 valence electrons. The van der Waals surface area contributed by atoms with Crippen LogP contribution in [-0.4, -0.2) is 24.5 Å². The quantitative estimate of drug-likeness (QED) is 0.234. The molecular formula is C34H52N4O2. The number of rotatable bonds is 4. The van der Waals surface area contributed by atoms with Crippen LogP contribution < -0.4 is 9.46 Å². The highest BCUT2D eigenvalue weighted by Crippen LogP contribution is 2.29. The van der Waals surface area contributed by atoms with Crippen LogP contribution in [0, 0.1) is 10.4 Å². The van der Waals surface area contributed by atoms with Gasteiger partial charge in [-0.3, -0.25) is 9.98 Å². The van der Waals surface area contributed by atoms with Gasteiger partial charge in [0, 0.05) is 35.1 Å². The maximum absolute atomic E-state index is 13.4. The summed E-state index contributed by atoms with van der Waals surface area (Å²) in [5, 5.41) is 26.8. The van der Waals surface area contributed by atoms with E-state index in [0.29, 0.717) is 11.4 Å². The summed E-state index contributed by atoms with van der Waals surface area (Å²) >= 11 is 0. The third kappa shape index (κ3) is 7.50. The number of pyridine rings is 2. The van der Waals surface area contributed by atoms with Crippen LogP contribution in [0.3, 0.4) is 0 Å². The molecule has 40 heavy (non-hydrogen) atoms. The lowest BCUT2D eigenvalue weighted by Crippen LogP contribution is -2.43. The molecule has 2 aromatic rings. The van der Waals surface area contributed by atoms with Crippen LogP contribution in [0.1, 0.15) is 143 Å². The van der Waals surface area contributed by atoms with E-state index in [9.17, 15) is 10.4 Å². The smallest absolute Gasteiger partial charge is 0.234 e. The first kappa shape index (κ1) is 31.8. The minimum atomic E-state index is -0.287. The lowest BCUT2D eigenvalue weighted by molar-refractivity contribution is -0.619. The van der Waals surface area contributed by atoms with Gasteiger partial charge in [0.2, 0.25) is 11.4 Å². The van der Waals surface area contributed by atoms with Crippen LogP contribution >= 0.6 is 0 Å². The Labute approximate surface area is 242 Å². The monoisotopic (exact) mass is 548 g/mol. The average molecular weight is 549 g/mol. The molecule has 1 aliphatic carbocycles. The number of aliphatic imine (C=N–C) groups is 2. The zero-order valence-corrected chi connectivity index (χ0v) is 27.1. The van der Waals surface area contributed by atoms with Crippen LogP contribution in [-0.2, 0) is 21.7 Å². The summed E-state index contributed by atoms with van der Waals surface area (Å²) in [6.07, 6.45) is 7.49. The molecule has 0 aromatic carbocycles. The number of hydrogen-bond acceptors (Lipinski definition) is 4. The fourth-order valence-corrected chi connectivity index (χ4v) is 5.08. The molecule has 0 aliphatic heterocycles. The van der Waals surface area contributed by atoms with Crippen molar-refractivity contribution in [1.82, 2.24) is 0 Å². The number of nitrogens with zero attached hydrogens (tertiary/aromatic N) is 4. The molecule has 6 heteroatoms. The van der Waals surface area contributed by atoms with Gasteiger partial charge >= 0.3 is 0 Å². The molecule has 0 saturated heterocycles. The second-order valence-corrected chi connectivity index (χ2v) is 15.7. The first-order valence-electron chi connectivity index (χ1n) is 14.8. The summed E-state index contributed by atoms with van der Waals surface area (Å²) in [4.78, 5) is 9.89. The summed E-state index contributed by atoms with van der Waals surface area (Å²) < 4.78 is 2.07. The van der Waals surface area contributed by atoms with Crippen molar-refractivity contribution in [2.75, 3.05) is 0 Å². The van der Waals surface area contributed by atoms with E-state index in [0.717, 1.165) is 57.7 Å². The molecule has 0 amide bonds. The molecule has 3 rings (SSSR count). The average Bonchev–Trinajstić information content (AvgIpc) is 2.80. The zero-order valence-electron chi connectivity index (χ0n) is 27.1. The highest BCUT2D eigenvalue weighted by atomic mass is 16.5. The SMILES string of the molecule is CC(C)(C)c1cc(C=N[C@@H]2CCCC[C@H]2N=Cc2cc(C(C)(C)C)cc(C(C)(C)C)[n+]2[O-])[n+]([O-])c(C(C)(C)C)c1. The molecule has 2 atom stereocenters. The van der Waals surface area contributed by atoms with Gasteiger partial charge in [-0.05, 0) is 34.8 Å². The Bertz CT molecular complexity index is 1170. The van der Waals surface area contributed by atoms with E-state index in [-0.39, 0.29) is 33.7 Å². The van der Waals surface area contributed by atoms with Gasteiger partial charge in [0.1, 0.15) is 0 Å².